The van der Waals surface area contributed by atoms with Gasteiger partial charge in [0, 0.05) is 17.8 Å². The normalized spacial score (nSPS) is 31.6. The highest BCUT2D eigenvalue weighted by Gasteiger charge is 2.24. The van der Waals surface area contributed by atoms with Crippen molar-refractivity contribution in [1.29, 1.82) is 0 Å². The summed E-state index contributed by atoms with van der Waals surface area (Å²) >= 11 is 6.14. The highest BCUT2D eigenvalue weighted by molar-refractivity contribution is 6.20. The van der Waals surface area contributed by atoms with E-state index in [1.54, 1.807) is 0 Å². The van der Waals surface area contributed by atoms with Gasteiger partial charge in [0.15, 0.2) is 0 Å². The van der Waals surface area contributed by atoms with Crippen molar-refractivity contribution in [2.24, 2.45) is 11.8 Å². The van der Waals surface area contributed by atoms with Crippen LogP contribution in [0.5, 0.6) is 0 Å². The summed E-state index contributed by atoms with van der Waals surface area (Å²) in [4.78, 5) is 11.8. The first-order valence-electron chi connectivity index (χ1n) is 6.67. The molecule has 0 aliphatic heterocycles. The van der Waals surface area contributed by atoms with Crippen LogP contribution in [-0.2, 0) is 4.79 Å². The molecule has 2 aliphatic rings. The van der Waals surface area contributed by atoms with E-state index in [4.69, 9.17) is 11.6 Å². The largest absolute Gasteiger partial charge is 0.356 e. The van der Waals surface area contributed by atoms with Crippen molar-refractivity contribution in [1.82, 2.24) is 5.32 Å². The monoisotopic (exact) mass is 243 g/mol. The van der Waals surface area contributed by atoms with Gasteiger partial charge in [0.25, 0.3) is 0 Å². The zero-order chi connectivity index (χ0) is 11.4. The third-order valence-electron chi connectivity index (χ3n) is 4.01. The molecule has 0 radical (unpaired) electrons. The van der Waals surface area contributed by atoms with E-state index < -0.39 is 0 Å². The van der Waals surface area contributed by atoms with Crippen LogP contribution < -0.4 is 5.32 Å². The Balaban J connectivity index is 1.67. The second kappa shape index (κ2) is 5.90. The Morgan fingerprint density at radius 2 is 1.88 bits per heavy atom. The van der Waals surface area contributed by atoms with E-state index in [0.717, 1.165) is 32.2 Å². The maximum atomic E-state index is 11.8. The van der Waals surface area contributed by atoms with Gasteiger partial charge in [-0.25, -0.2) is 0 Å². The topological polar surface area (TPSA) is 29.1 Å². The summed E-state index contributed by atoms with van der Waals surface area (Å²) in [7, 11) is 0. The lowest BCUT2D eigenvalue weighted by Crippen LogP contribution is -2.35. The van der Waals surface area contributed by atoms with Crippen LogP contribution in [0.4, 0.5) is 0 Å². The van der Waals surface area contributed by atoms with E-state index in [0.29, 0.717) is 17.2 Å². The molecule has 92 valence electrons. The predicted octanol–water partition coefficient (Wildman–Crippen LogP) is 3.09. The minimum atomic E-state index is 0.286. The molecule has 2 unspecified atom stereocenters. The minimum absolute atomic E-state index is 0.286. The maximum absolute atomic E-state index is 11.8. The molecule has 0 aromatic carbocycles. The lowest BCUT2D eigenvalue weighted by molar-refractivity contribution is -0.125. The summed E-state index contributed by atoms with van der Waals surface area (Å²) in [6.45, 7) is 0.846. The summed E-state index contributed by atoms with van der Waals surface area (Å²) in [5.41, 5.74) is 0. The molecule has 0 aromatic rings. The van der Waals surface area contributed by atoms with Crippen molar-refractivity contribution >= 4 is 17.5 Å². The molecule has 0 bridgehead atoms. The third kappa shape index (κ3) is 3.38. The first-order valence-corrected chi connectivity index (χ1v) is 7.11. The van der Waals surface area contributed by atoms with Gasteiger partial charge < -0.3 is 5.32 Å². The van der Waals surface area contributed by atoms with Gasteiger partial charge in [-0.1, -0.05) is 19.3 Å². The molecule has 0 heterocycles. The van der Waals surface area contributed by atoms with Crippen molar-refractivity contribution in [2.75, 3.05) is 6.54 Å². The molecule has 1 amide bonds. The van der Waals surface area contributed by atoms with Crippen molar-refractivity contribution in [3.63, 3.8) is 0 Å². The quantitative estimate of drug-likeness (QED) is 0.759. The maximum Gasteiger partial charge on any atom is 0.223 e. The zero-order valence-electron chi connectivity index (χ0n) is 9.88. The van der Waals surface area contributed by atoms with Crippen LogP contribution in [-0.4, -0.2) is 17.8 Å². The summed E-state index contributed by atoms with van der Waals surface area (Å²) < 4.78 is 0. The molecule has 0 spiro atoms. The van der Waals surface area contributed by atoms with Crippen LogP contribution in [0, 0.1) is 11.8 Å². The molecule has 0 aromatic heterocycles. The molecule has 2 nitrogen and oxygen atoms in total. The number of nitrogens with one attached hydrogen (secondary N) is 1. The smallest absolute Gasteiger partial charge is 0.223 e. The zero-order valence-corrected chi connectivity index (χ0v) is 10.6. The summed E-state index contributed by atoms with van der Waals surface area (Å²) in [6, 6.07) is 0. The van der Waals surface area contributed by atoms with Crippen LogP contribution >= 0.6 is 11.6 Å². The fourth-order valence-electron chi connectivity index (χ4n) is 2.99. The molecule has 3 heteroatoms. The van der Waals surface area contributed by atoms with Crippen molar-refractivity contribution in [2.45, 2.75) is 56.7 Å². The SMILES string of the molecule is O=C(NCC1CCCC(Cl)C1)C1CCCC1. The van der Waals surface area contributed by atoms with Crippen LogP contribution in [0.25, 0.3) is 0 Å². The highest BCUT2D eigenvalue weighted by atomic mass is 35.5. The Bertz CT molecular complexity index is 238. The molecule has 16 heavy (non-hydrogen) atoms. The van der Waals surface area contributed by atoms with Crippen LogP contribution in [0.2, 0.25) is 0 Å². The standard InChI is InChI=1S/C13H22ClNO/c14-12-7-3-4-10(8-12)9-15-13(16)11-5-1-2-6-11/h10-12H,1-9H2,(H,15,16). The van der Waals surface area contributed by atoms with Gasteiger partial charge in [-0.2, -0.15) is 0 Å². The Hall–Kier alpha value is -0.240. The molecule has 2 saturated carbocycles. The number of amides is 1. The average molecular weight is 244 g/mol. The molecule has 2 aliphatic carbocycles. The fourth-order valence-corrected chi connectivity index (χ4v) is 3.39. The van der Waals surface area contributed by atoms with Crippen LogP contribution in [0.1, 0.15) is 51.4 Å². The number of carbonyl (C=O) groups excluding carboxylic acids is 1. The van der Waals surface area contributed by atoms with Crippen molar-refractivity contribution in [3.05, 3.63) is 0 Å². The summed E-state index contributed by atoms with van der Waals surface area (Å²) in [6.07, 6.45) is 9.31. The van der Waals surface area contributed by atoms with E-state index in [1.165, 1.54) is 25.7 Å². The molecule has 0 saturated heterocycles. The Morgan fingerprint density at radius 3 is 2.56 bits per heavy atom. The number of rotatable bonds is 3. The van der Waals surface area contributed by atoms with Gasteiger partial charge in [0.05, 0.1) is 0 Å². The van der Waals surface area contributed by atoms with Gasteiger partial charge in [-0.3, -0.25) is 4.79 Å². The number of halogens is 1. The highest BCUT2D eigenvalue weighted by Crippen LogP contribution is 2.28. The van der Waals surface area contributed by atoms with E-state index in [2.05, 4.69) is 5.32 Å². The first-order chi connectivity index (χ1) is 7.75. The summed E-state index contributed by atoms with van der Waals surface area (Å²) in [5, 5.41) is 3.45. The average Bonchev–Trinajstić information content (AvgIpc) is 2.79. The lowest BCUT2D eigenvalue weighted by atomic mass is 9.89. The molecule has 2 fully saturated rings. The van der Waals surface area contributed by atoms with E-state index in [-0.39, 0.29) is 5.91 Å². The van der Waals surface area contributed by atoms with E-state index in [1.807, 2.05) is 0 Å². The van der Waals surface area contributed by atoms with Crippen molar-refractivity contribution < 1.29 is 4.79 Å². The van der Waals surface area contributed by atoms with Crippen molar-refractivity contribution in [3.8, 4) is 0 Å². The fraction of sp³-hybridized carbons (Fsp3) is 0.923. The minimum Gasteiger partial charge on any atom is -0.356 e. The van der Waals surface area contributed by atoms with Gasteiger partial charge >= 0.3 is 0 Å². The number of carbonyl (C=O) groups is 1. The number of alkyl halides is 1. The molecular weight excluding hydrogens is 222 g/mol. The van der Waals surface area contributed by atoms with Crippen LogP contribution in [0.3, 0.4) is 0 Å². The summed E-state index contributed by atoms with van der Waals surface area (Å²) in [5.74, 6) is 1.20. The number of hydrogen-bond donors (Lipinski definition) is 1. The second-order valence-electron chi connectivity index (χ2n) is 5.36. The Labute approximate surface area is 103 Å². The molecule has 1 N–H and O–H groups in total. The van der Waals surface area contributed by atoms with Gasteiger partial charge in [-0.15, -0.1) is 11.6 Å². The van der Waals surface area contributed by atoms with E-state index in [9.17, 15) is 4.79 Å². The lowest BCUT2D eigenvalue weighted by Gasteiger charge is -2.26. The van der Waals surface area contributed by atoms with Gasteiger partial charge in [-0.05, 0) is 38.0 Å². The predicted molar refractivity (Wildman–Crippen MR) is 66.6 cm³/mol. The first kappa shape index (κ1) is 12.2. The van der Waals surface area contributed by atoms with Gasteiger partial charge in [0.1, 0.15) is 0 Å². The molecule has 2 atom stereocenters. The second-order valence-corrected chi connectivity index (χ2v) is 5.97. The van der Waals surface area contributed by atoms with Gasteiger partial charge in [0.2, 0.25) is 5.91 Å². The Morgan fingerprint density at radius 1 is 1.12 bits per heavy atom. The molecule has 2 rings (SSSR count). The van der Waals surface area contributed by atoms with Crippen LogP contribution in [0.15, 0.2) is 0 Å². The Kier molecular flexibility index (Phi) is 4.51. The molecular formula is C13H22ClNO. The third-order valence-corrected chi connectivity index (χ3v) is 4.41. The van der Waals surface area contributed by atoms with E-state index >= 15 is 0 Å². The number of hydrogen-bond acceptors (Lipinski definition) is 1.